The molecule has 41 heavy (non-hydrogen) atoms. The molecular formula is C26H32F2N8O3S2. The van der Waals surface area contributed by atoms with Gasteiger partial charge < -0.3 is 29.1 Å². The van der Waals surface area contributed by atoms with Crippen LogP contribution in [0, 0.1) is 0 Å². The van der Waals surface area contributed by atoms with Crippen molar-refractivity contribution in [3.8, 4) is 11.7 Å². The number of morpholine rings is 1. The molecule has 0 atom stereocenters. The molecule has 2 fully saturated rings. The predicted molar refractivity (Wildman–Crippen MR) is 159 cm³/mol. The van der Waals surface area contributed by atoms with Crippen molar-refractivity contribution < 1.29 is 23.0 Å². The Morgan fingerprint density at radius 1 is 1.07 bits per heavy atom. The fourth-order valence-electron chi connectivity index (χ4n) is 4.70. The molecule has 0 bridgehead atoms. The van der Waals surface area contributed by atoms with E-state index in [1.54, 1.807) is 37.2 Å². The molecule has 0 aliphatic carbocycles. The Bertz CT molecular complexity index is 1410. The topological polar surface area (TPSA) is 92.1 Å². The van der Waals surface area contributed by atoms with Crippen LogP contribution < -0.4 is 14.5 Å². The number of nitrogens with zero attached hydrogens (tertiary/aromatic N) is 8. The van der Waals surface area contributed by atoms with Gasteiger partial charge in [-0.1, -0.05) is 30.0 Å². The summed E-state index contributed by atoms with van der Waals surface area (Å²) in [4.78, 5) is 33.5. The Hall–Kier alpha value is -3.30. The van der Waals surface area contributed by atoms with E-state index in [0.717, 1.165) is 0 Å². The summed E-state index contributed by atoms with van der Waals surface area (Å²) in [5.41, 5.74) is 0.754. The zero-order chi connectivity index (χ0) is 29.1. The van der Waals surface area contributed by atoms with Crippen molar-refractivity contribution in [2.75, 3.05) is 89.2 Å². The quantitative estimate of drug-likeness (QED) is 0.372. The molecule has 1 amide bonds. The van der Waals surface area contributed by atoms with Crippen LogP contribution in [0.15, 0.2) is 24.3 Å². The zero-order valence-electron chi connectivity index (χ0n) is 23.1. The normalized spacial score (nSPS) is 16.0. The summed E-state index contributed by atoms with van der Waals surface area (Å²) in [7, 11) is 4.92. The van der Waals surface area contributed by atoms with E-state index >= 15 is 0 Å². The lowest BCUT2D eigenvalue weighted by molar-refractivity contribution is -0.125. The summed E-state index contributed by atoms with van der Waals surface area (Å²) in [5, 5.41) is 0. The molecule has 0 unspecified atom stereocenters. The number of carbonyl (C=O) groups excluding carboxylic acids is 1. The van der Waals surface area contributed by atoms with Gasteiger partial charge in [0.2, 0.25) is 11.9 Å². The van der Waals surface area contributed by atoms with Crippen LogP contribution in [0.2, 0.25) is 0 Å². The third-order valence-electron chi connectivity index (χ3n) is 6.99. The van der Waals surface area contributed by atoms with E-state index in [1.165, 1.54) is 23.4 Å². The summed E-state index contributed by atoms with van der Waals surface area (Å²) in [6, 6.07) is 7.02. The lowest BCUT2D eigenvalue weighted by Gasteiger charge is -2.37. The standard InChI is InChI=1S/C26H32F2N8O3S2/c1-32(2)21(37)16-41-26(40)35-9-7-33(8-10-35)19-15-20(34-11-13-39-14-12-34)30-25(29-19)36-17-5-4-6-18(38-3)22(17)31-24(36)23(27)28/h4-6,15,23H,7-14,16H2,1-3H3. The number of halogens is 2. The number of benzene rings is 1. The molecule has 2 aliphatic rings. The molecule has 0 N–H and O–H groups in total. The number of imidazole rings is 1. The highest BCUT2D eigenvalue weighted by atomic mass is 32.2. The summed E-state index contributed by atoms with van der Waals surface area (Å²) in [6.45, 7) is 4.85. The third-order valence-corrected chi connectivity index (χ3v) is 8.50. The third kappa shape index (κ3) is 6.31. The van der Waals surface area contributed by atoms with Crippen LogP contribution >= 0.6 is 24.0 Å². The molecule has 0 radical (unpaired) electrons. The number of thioether (sulfide) groups is 1. The minimum Gasteiger partial charge on any atom is -0.494 e. The van der Waals surface area contributed by atoms with Crippen LogP contribution in [-0.2, 0) is 9.53 Å². The molecule has 15 heteroatoms. The van der Waals surface area contributed by atoms with E-state index in [0.29, 0.717) is 91.0 Å². The molecule has 1 aromatic carbocycles. The number of ether oxygens (including phenoxy) is 2. The predicted octanol–water partition coefficient (Wildman–Crippen LogP) is 2.83. The average Bonchev–Trinajstić information content (AvgIpc) is 3.40. The summed E-state index contributed by atoms with van der Waals surface area (Å²) in [5.74, 6) is 1.62. The minimum atomic E-state index is -2.85. The van der Waals surface area contributed by atoms with Crippen LogP contribution in [0.5, 0.6) is 5.75 Å². The first-order valence-corrected chi connectivity index (χ1v) is 14.6. The molecule has 2 aliphatic heterocycles. The van der Waals surface area contributed by atoms with Gasteiger partial charge in [0.05, 0.1) is 31.6 Å². The SMILES string of the molecule is COc1cccc2c1nc(C(F)F)n2-c1nc(N2CCOCC2)cc(N2CCN(C(=S)SCC(=O)N(C)C)CC2)n1. The van der Waals surface area contributed by atoms with Gasteiger partial charge in [0.15, 0.2) is 5.82 Å². The molecule has 11 nitrogen and oxygen atoms in total. The van der Waals surface area contributed by atoms with Crippen LogP contribution in [0.3, 0.4) is 0 Å². The van der Waals surface area contributed by atoms with Crippen molar-refractivity contribution in [1.29, 1.82) is 0 Å². The van der Waals surface area contributed by atoms with Crippen molar-refractivity contribution in [3.05, 3.63) is 30.1 Å². The summed E-state index contributed by atoms with van der Waals surface area (Å²) in [6.07, 6.45) is -2.85. The summed E-state index contributed by atoms with van der Waals surface area (Å²) < 4.78 is 41.5. The Balaban J connectivity index is 1.46. The van der Waals surface area contributed by atoms with E-state index in [1.807, 2.05) is 6.07 Å². The lowest BCUT2D eigenvalue weighted by atomic mass is 10.3. The molecule has 2 aromatic heterocycles. The zero-order valence-corrected chi connectivity index (χ0v) is 24.8. The molecule has 4 heterocycles. The van der Waals surface area contributed by atoms with E-state index in [4.69, 9.17) is 31.7 Å². The smallest absolute Gasteiger partial charge is 0.296 e. The fourth-order valence-corrected chi connectivity index (χ4v) is 5.93. The van der Waals surface area contributed by atoms with Gasteiger partial charge >= 0.3 is 0 Å². The number of anilines is 2. The molecule has 5 rings (SSSR count). The highest BCUT2D eigenvalue weighted by Gasteiger charge is 2.27. The molecule has 2 saturated heterocycles. The highest BCUT2D eigenvalue weighted by Crippen LogP contribution is 2.33. The highest BCUT2D eigenvalue weighted by molar-refractivity contribution is 8.23. The number of carbonyl (C=O) groups is 1. The van der Waals surface area contributed by atoms with Crippen LogP contribution in [-0.4, -0.2) is 119 Å². The second-order valence-electron chi connectivity index (χ2n) is 9.73. The number of thiocarbonyl (C=S) groups is 1. The molecular weight excluding hydrogens is 574 g/mol. The maximum Gasteiger partial charge on any atom is 0.296 e. The first-order valence-electron chi connectivity index (χ1n) is 13.2. The van der Waals surface area contributed by atoms with Gasteiger partial charge in [-0.2, -0.15) is 9.97 Å². The number of hydrogen-bond donors (Lipinski definition) is 0. The van der Waals surface area contributed by atoms with Gasteiger partial charge in [-0.05, 0) is 12.1 Å². The van der Waals surface area contributed by atoms with E-state index in [2.05, 4.69) is 19.7 Å². The van der Waals surface area contributed by atoms with E-state index < -0.39 is 12.2 Å². The number of para-hydroxylation sites is 1. The summed E-state index contributed by atoms with van der Waals surface area (Å²) >= 11 is 6.94. The monoisotopic (exact) mass is 606 g/mol. The Morgan fingerprint density at radius 2 is 1.73 bits per heavy atom. The van der Waals surface area contributed by atoms with Gasteiger partial charge in [0.25, 0.3) is 6.43 Å². The molecule has 0 saturated carbocycles. The van der Waals surface area contributed by atoms with E-state index in [9.17, 15) is 13.6 Å². The van der Waals surface area contributed by atoms with Gasteiger partial charge in [-0.3, -0.25) is 9.36 Å². The van der Waals surface area contributed by atoms with Crippen LogP contribution in [0.4, 0.5) is 20.4 Å². The second-order valence-corrected chi connectivity index (χ2v) is 11.3. The number of amides is 1. The van der Waals surface area contributed by atoms with Gasteiger partial charge in [-0.25, -0.2) is 13.8 Å². The number of fused-ring (bicyclic) bond motifs is 1. The number of alkyl halides is 2. The fraction of sp³-hybridized carbons (Fsp3) is 0.500. The van der Waals surface area contributed by atoms with Crippen LogP contribution in [0.1, 0.15) is 12.2 Å². The first kappa shape index (κ1) is 29.2. The van der Waals surface area contributed by atoms with Gasteiger partial charge in [0.1, 0.15) is 27.2 Å². The average molecular weight is 607 g/mol. The van der Waals surface area contributed by atoms with Crippen molar-refractivity contribution in [1.82, 2.24) is 29.3 Å². The maximum absolute atomic E-state index is 14.3. The first-order chi connectivity index (χ1) is 19.8. The van der Waals surface area contributed by atoms with Crippen LogP contribution in [0.25, 0.3) is 17.0 Å². The van der Waals surface area contributed by atoms with Crippen molar-refractivity contribution in [3.63, 3.8) is 0 Å². The maximum atomic E-state index is 14.3. The lowest BCUT2D eigenvalue weighted by Crippen LogP contribution is -2.48. The van der Waals surface area contributed by atoms with Crippen molar-refractivity contribution in [2.45, 2.75) is 6.43 Å². The number of methoxy groups -OCH3 is 1. The largest absolute Gasteiger partial charge is 0.494 e. The van der Waals surface area contributed by atoms with Gasteiger partial charge in [0, 0.05) is 59.4 Å². The Morgan fingerprint density at radius 3 is 2.34 bits per heavy atom. The van der Waals surface area contributed by atoms with Gasteiger partial charge in [-0.15, -0.1) is 0 Å². The number of piperazine rings is 1. The Kier molecular flexibility index (Phi) is 9.04. The minimum absolute atomic E-state index is 0.00737. The number of hydrogen-bond acceptors (Lipinski definition) is 10. The van der Waals surface area contributed by atoms with Crippen molar-refractivity contribution in [2.24, 2.45) is 0 Å². The molecule has 3 aromatic rings. The van der Waals surface area contributed by atoms with E-state index in [-0.39, 0.29) is 11.9 Å². The number of aromatic nitrogens is 4. The second kappa shape index (κ2) is 12.7. The number of rotatable bonds is 7. The molecule has 220 valence electrons. The van der Waals surface area contributed by atoms with Crippen molar-refractivity contribution >= 4 is 56.9 Å². The Labute approximate surface area is 246 Å². The molecule has 0 spiro atoms.